The number of hydrogen-bond donors (Lipinski definition) is 1. The number of hydrogen-bond acceptors (Lipinski definition) is 4. The summed E-state index contributed by atoms with van der Waals surface area (Å²) in [7, 11) is 1.88. The Hall–Kier alpha value is -2.84. The number of anilines is 1. The van der Waals surface area contributed by atoms with E-state index >= 15 is 0 Å². The first-order chi connectivity index (χ1) is 11.6. The third kappa shape index (κ3) is 5.11. The van der Waals surface area contributed by atoms with Crippen molar-refractivity contribution in [1.82, 2.24) is 4.90 Å². The second-order valence-corrected chi connectivity index (χ2v) is 5.45. The molecule has 0 aliphatic carbocycles. The van der Waals surface area contributed by atoms with Crippen LogP contribution in [0.25, 0.3) is 0 Å². The van der Waals surface area contributed by atoms with Gasteiger partial charge in [0.1, 0.15) is 11.8 Å². The van der Waals surface area contributed by atoms with E-state index in [1.54, 1.807) is 24.3 Å². The molecule has 0 fully saturated rings. The second-order valence-electron chi connectivity index (χ2n) is 5.45. The van der Waals surface area contributed by atoms with E-state index in [2.05, 4.69) is 11.4 Å². The number of para-hydroxylation sites is 1. The minimum atomic E-state index is -0.147. The molecule has 0 saturated carbocycles. The Labute approximate surface area is 142 Å². The van der Waals surface area contributed by atoms with Crippen molar-refractivity contribution >= 4 is 11.6 Å². The summed E-state index contributed by atoms with van der Waals surface area (Å²) in [5, 5.41) is 11.8. The molecule has 0 saturated heterocycles. The van der Waals surface area contributed by atoms with Crippen molar-refractivity contribution < 1.29 is 9.53 Å². The van der Waals surface area contributed by atoms with Crippen LogP contribution < -0.4 is 10.1 Å². The van der Waals surface area contributed by atoms with Crippen LogP contribution in [0.15, 0.2) is 48.5 Å². The van der Waals surface area contributed by atoms with Crippen molar-refractivity contribution in [1.29, 1.82) is 5.26 Å². The van der Waals surface area contributed by atoms with E-state index in [4.69, 9.17) is 10.00 Å². The molecule has 1 N–H and O–H groups in total. The van der Waals surface area contributed by atoms with Gasteiger partial charge in [-0.1, -0.05) is 24.3 Å². The van der Waals surface area contributed by atoms with Gasteiger partial charge in [0.05, 0.1) is 24.4 Å². The molecule has 1 amide bonds. The molecule has 5 heteroatoms. The van der Waals surface area contributed by atoms with Crippen LogP contribution in [0.5, 0.6) is 5.75 Å². The summed E-state index contributed by atoms with van der Waals surface area (Å²) in [5.41, 5.74) is 2.10. The van der Waals surface area contributed by atoms with Gasteiger partial charge in [-0.3, -0.25) is 9.69 Å². The number of rotatable bonds is 7. The van der Waals surface area contributed by atoms with E-state index in [1.165, 1.54) is 0 Å². The minimum Gasteiger partial charge on any atom is -0.494 e. The van der Waals surface area contributed by atoms with Gasteiger partial charge in [0, 0.05) is 6.54 Å². The molecule has 0 aliphatic heterocycles. The zero-order chi connectivity index (χ0) is 17.4. The third-order valence-electron chi connectivity index (χ3n) is 3.42. The van der Waals surface area contributed by atoms with Crippen LogP contribution in [-0.4, -0.2) is 31.0 Å². The molecule has 2 rings (SSSR count). The van der Waals surface area contributed by atoms with Crippen molar-refractivity contribution in [3.05, 3.63) is 59.7 Å². The summed E-state index contributed by atoms with van der Waals surface area (Å²) in [4.78, 5) is 14.1. The first kappa shape index (κ1) is 17.5. The Morgan fingerprint density at radius 1 is 1.21 bits per heavy atom. The maximum absolute atomic E-state index is 12.1. The lowest BCUT2D eigenvalue weighted by molar-refractivity contribution is -0.117. The quantitative estimate of drug-likeness (QED) is 0.850. The SMILES string of the molecule is CCOc1ccc(CN(C)CC(=O)Nc2ccccc2C#N)cc1. The van der Waals surface area contributed by atoms with Crippen molar-refractivity contribution in [2.24, 2.45) is 0 Å². The van der Waals surface area contributed by atoms with Crippen LogP contribution in [0.1, 0.15) is 18.1 Å². The Balaban J connectivity index is 1.88. The zero-order valence-corrected chi connectivity index (χ0v) is 14.0. The molecule has 0 aromatic heterocycles. The van der Waals surface area contributed by atoms with Gasteiger partial charge in [-0.15, -0.1) is 0 Å². The van der Waals surface area contributed by atoms with E-state index in [-0.39, 0.29) is 12.5 Å². The highest BCUT2D eigenvalue weighted by Crippen LogP contribution is 2.15. The summed E-state index contributed by atoms with van der Waals surface area (Å²) in [6.07, 6.45) is 0. The second kappa shape index (κ2) is 8.70. The van der Waals surface area contributed by atoms with Crippen LogP contribution in [0, 0.1) is 11.3 Å². The van der Waals surface area contributed by atoms with E-state index in [1.807, 2.05) is 43.1 Å². The highest BCUT2D eigenvalue weighted by atomic mass is 16.5. The van der Waals surface area contributed by atoms with Gasteiger partial charge < -0.3 is 10.1 Å². The average molecular weight is 323 g/mol. The predicted octanol–water partition coefficient (Wildman–Crippen LogP) is 3.03. The number of likely N-dealkylation sites (N-methyl/N-ethyl adjacent to an activating group) is 1. The summed E-state index contributed by atoms with van der Waals surface area (Å²) in [6, 6.07) is 16.9. The highest BCUT2D eigenvalue weighted by molar-refractivity contribution is 5.93. The molecule has 2 aromatic carbocycles. The molecule has 0 unspecified atom stereocenters. The van der Waals surface area contributed by atoms with E-state index < -0.39 is 0 Å². The van der Waals surface area contributed by atoms with Gasteiger partial charge in [-0.25, -0.2) is 0 Å². The van der Waals surface area contributed by atoms with Crippen molar-refractivity contribution in [3.63, 3.8) is 0 Å². The highest BCUT2D eigenvalue weighted by Gasteiger charge is 2.09. The molecular formula is C19H21N3O2. The minimum absolute atomic E-state index is 0.147. The topological polar surface area (TPSA) is 65.4 Å². The molecule has 24 heavy (non-hydrogen) atoms. The summed E-state index contributed by atoms with van der Waals surface area (Å²) < 4.78 is 5.41. The Morgan fingerprint density at radius 3 is 2.58 bits per heavy atom. The Bertz CT molecular complexity index is 720. The van der Waals surface area contributed by atoms with Gasteiger partial charge in [-0.05, 0) is 43.8 Å². The van der Waals surface area contributed by atoms with Crippen molar-refractivity contribution in [3.8, 4) is 11.8 Å². The monoisotopic (exact) mass is 323 g/mol. The van der Waals surface area contributed by atoms with E-state index in [0.717, 1.165) is 11.3 Å². The van der Waals surface area contributed by atoms with Gasteiger partial charge in [0.25, 0.3) is 0 Å². The molecule has 2 aromatic rings. The van der Waals surface area contributed by atoms with Crippen LogP contribution in [0.4, 0.5) is 5.69 Å². The van der Waals surface area contributed by atoms with Crippen LogP contribution in [-0.2, 0) is 11.3 Å². The molecule has 0 heterocycles. The normalized spacial score (nSPS) is 10.2. The first-order valence-electron chi connectivity index (χ1n) is 7.81. The number of nitrogens with one attached hydrogen (secondary N) is 1. The van der Waals surface area contributed by atoms with E-state index in [9.17, 15) is 4.79 Å². The number of ether oxygens (including phenoxy) is 1. The lowest BCUT2D eigenvalue weighted by atomic mass is 10.2. The van der Waals surface area contributed by atoms with Gasteiger partial charge >= 0.3 is 0 Å². The molecule has 124 valence electrons. The molecule has 0 aliphatic rings. The number of nitriles is 1. The number of benzene rings is 2. The largest absolute Gasteiger partial charge is 0.494 e. The lowest BCUT2D eigenvalue weighted by Crippen LogP contribution is -2.30. The van der Waals surface area contributed by atoms with Crippen LogP contribution in [0.2, 0.25) is 0 Å². The van der Waals surface area contributed by atoms with Crippen LogP contribution in [0.3, 0.4) is 0 Å². The average Bonchev–Trinajstić information content (AvgIpc) is 2.57. The Morgan fingerprint density at radius 2 is 1.92 bits per heavy atom. The fourth-order valence-electron chi connectivity index (χ4n) is 2.35. The summed E-state index contributed by atoms with van der Waals surface area (Å²) >= 11 is 0. The third-order valence-corrected chi connectivity index (χ3v) is 3.42. The summed E-state index contributed by atoms with van der Waals surface area (Å²) in [6.45, 7) is 3.49. The smallest absolute Gasteiger partial charge is 0.238 e. The fraction of sp³-hybridized carbons (Fsp3) is 0.263. The standard InChI is InChI=1S/C19H21N3O2/c1-3-24-17-10-8-15(9-11-17)13-22(2)14-19(23)21-18-7-5-4-6-16(18)12-20/h4-11H,3,13-14H2,1-2H3,(H,21,23). The van der Waals surface area contributed by atoms with Gasteiger partial charge in [-0.2, -0.15) is 5.26 Å². The first-order valence-corrected chi connectivity index (χ1v) is 7.81. The van der Waals surface area contributed by atoms with Crippen molar-refractivity contribution in [2.45, 2.75) is 13.5 Å². The van der Waals surface area contributed by atoms with Gasteiger partial charge in [0.2, 0.25) is 5.91 Å². The van der Waals surface area contributed by atoms with E-state index in [0.29, 0.717) is 24.4 Å². The number of carbonyl (C=O) groups excluding carboxylic acids is 1. The molecule has 5 nitrogen and oxygen atoms in total. The maximum atomic E-state index is 12.1. The van der Waals surface area contributed by atoms with Crippen LogP contribution >= 0.6 is 0 Å². The maximum Gasteiger partial charge on any atom is 0.238 e. The molecule has 0 spiro atoms. The van der Waals surface area contributed by atoms with Gasteiger partial charge in [0.15, 0.2) is 0 Å². The Kier molecular flexibility index (Phi) is 6.35. The number of nitrogens with zero attached hydrogens (tertiary/aromatic N) is 2. The number of amides is 1. The number of carbonyl (C=O) groups is 1. The summed E-state index contributed by atoms with van der Waals surface area (Å²) in [5.74, 6) is 0.695. The molecular weight excluding hydrogens is 302 g/mol. The van der Waals surface area contributed by atoms with Crippen molar-refractivity contribution in [2.75, 3.05) is 25.5 Å². The lowest BCUT2D eigenvalue weighted by Gasteiger charge is -2.17. The predicted molar refractivity (Wildman–Crippen MR) is 93.7 cm³/mol. The zero-order valence-electron chi connectivity index (χ0n) is 14.0. The molecule has 0 radical (unpaired) electrons. The molecule has 0 atom stereocenters. The fourth-order valence-corrected chi connectivity index (χ4v) is 2.35. The molecule has 0 bridgehead atoms.